The van der Waals surface area contributed by atoms with Crippen LogP contribution >= 0.6 is 23.4 Å². The van der Waals surface area contributed by atoms with E-state index in [1.54, 1.807) is 61.5 Å². The van der Waals surface area contributed by atoms with Crippen molar-refractivity contribution in [2.75, 3.05) is 6.61 Å². The van der Waals surface area contributed by atoms with E-state index in [0.29, 0.717) is 26.2 Å². The van der Waals surface area contributed by atoms with Crippen LogP contribution < -0.4 is 0 Å². The van der Waals surface area contributed by atoms with Crippen LogP contribution in [-0.2, 0) is 9.53 Å². The van der Waals surface area contributed by atoms with Crippen LogP contribution in [0, 0.1) is 0 Å². The summed E-state index contributed by atoms with van der Waals surface area (Å²) in [5.41, 5.74) is 1.24. The van der Waals surface area contributed by atoms with Crippen LogP contribution in [0.15, 0.2) is 69.8 Å². The number of aliphatic hydroxyl groups is 1. The van der Waals surface area contributed by atoms with Crippen molar-refractivity contribution < 1.29 is 19.7 Å². The topological polar surface area (TPSA) is 79.1 Å². The van der Waals surface area contributed by atoms with Gasteiger partial charge in [0.15, 0.2) is 0 Å². The average Bonchev–Trinajstić information content (AvgIpc) is 2.90. The second kappa shape index (κ2) is 8.33. The smallest absolute Gasteiger partial charge is 0.344 e. The Labute approximate surface area is 165 Å². The number of carbonyl (C=O) groups is 1. The number of ether oxygens (including phenoxy) is 1. The van der Waals surface area contributed by atoms with Gasteiger partial charge in [0.2, 0.25) is 0 Å². The third-order valence-corrected chi connectivity index (χ3v) is 4.83. The monoisotopic (exact) mass is 401 g/mol. The molecular weight excluding hydrogens is 386 g/mol. The number of nitrogens with zero attached hydrogens (tertiary/aromatic N) is 1. The maximum Gasteiger partial charge on any atom is 0.344 e. The van der Waals surface area contributed by atoms with Gasteiger partial charge in [-0.1, -0.05) is 41.6 Å². The second-order valence-corrected chi connectivity index (χ2v) is 7.01. The molecule has 2 aromatic carbocycles. The number of aliphatic imine (C=N–C) groups is 1. The Morgan fingerprint density at radius 3 is 2.70 bits per heavy atom. The molecule has 7 heteroatoms. The summed E-state index contributed by atoms with van der Waals surface area (Å²) in [6.07, 6.45) is 1.67. The molecule has 0 aliphatic carbocycles. The van der Waals surface area contributed by atoms with Crippen LogP contribution in [0.4, 0.5) is 5.69 Å². The summed E-state index contributed by atoms with van der Waals surface area (Å²) in [5.74, 6) is -0.751. The number of esters is 1. The van der Waals surface area contributed by atoms with E-state index in [4.69, 9.17) is 16.3 Å². The lowest BCUT2D eigenvalue weighted by molar-refractivity contribution is -0.138. The van der Waals surface area contributed by atoms with Crippen LogP contribution in [-0.4, -0.2) is 27.8 Å². The zero-order chi connectivity index (χ0) is 19.4. The lowest BCUT2D eigenvalue weighted by Gasteiger charge is -2.04. The largest absolute Gasteiger partial charge is 0.508 e. The van der Waals surface area contributed by atoms with Crippen LogP contribution in [0.25, 0.3) is 6.08 Å². The van der Waals surface area contributed by atoms with Gasteiger partial charge in [0.1, 0.15) is 22.1 Å². The Balaban J connectivity index is 2.05. The molecule has 27 heavy (non-hydrogen) atoms. The lowest BCUT2D eigenvalue weighted by Crippen LogP contribution is -2.12. The first-order valence-electron chi connectivity index (χ1n) is 8.12. The molecule has 0 aromatic heterocycles. The van der Waals surface area contributed by atoms with E-state index in [1.807, 2.05) is 0 Å². The SMILES string of the molecule is CCOC(=O)C1=C(O)C(=Cc2cccc(O)c2)SC1=Nc1cccc(Cl)c1. The molecule has 0 bridgehead atoms. The number of aromatic hydroxyl groups is 1. The van der Waals surface area contributed by atoms with Crippen molar-refractivity contribution in [1.29, 1.82) is 0 Å². The van der Waals surface area contributed by atoms with Crippen molar-refractivity contribution in [2.45, 2.75) is 6.92 Å². The maximum absolute atomic E-state index is 12.3. The van der Waals surface area contributed by atoms with E-state index in [1.165, 1.54) is 0 Å². The van der Waals surface area contributed by atoms with E-state index >= 15 is 0 Å². The van der Waals surface area contributed by atoms with Crippen molar-refractivity contribution in [3.05, 3.63) is 75.4 Å². The Kier molecular flexibility index (Phi) is 5.88. The standard InChI is InChI=1S/C20H16ClNO4S/c1-2-26-20(25)17-18(24)16(10-12-5-3-8-15(23)9-12)27-19(17)22-14-7-4-6-13(21)11-14/h3-11,23-24H,2H2,1H3. The third kappa shape index (κ3) is 4.53. The second-order valence-electron chi connectivity index (χ2n) is 5.55. The first kappa shape index (κ1) is 19.1. The van der Waals surface area contributed by atoms with Gasteiger partial charge in [-0.15, -0.1) is 0 Å². The molecule has 5 nitrogen and oxygen atoms in total. The van der Waals surface area contributed by atoms with E-state index < -0.39 is 5.97 Å². The number of hydrogen-bond donors (Lipinski definition) is 2. The molecule has 0 amide bonds. The molecule has 0 fully saturated rings. The molecule has 0 unspecified atom stereocenters. The van der Waals surface area contributed by atoms with E-state index in [-0.39, 0.29) is 23.7 Å². The van der Waals surface area contributed by atoms with Crippen molar-refractivity contribution in [3.8, 4) is 5.75 Å². The highest BCUT2D eigenvalue weighted by molar-refractivity contribution is 8.18. The summed E-state index contributed by atoms with van der Waals surface area (Å²) in [7, 11) is 0. The van der Waals surface area contributed by atoms with Crippen LogP contribution in [0.3, 0.4) is 0 Å². The first-order chi connectivity index (χ1) is 13.0. The zero-order valence-corrected chi connectivity index (χ0v) is 15.9. The summed E-state index contributed by atoms with van der Waals surface area (Å²) in [6, 6.07) is 13.4. The minimum atomic E-state index is -0.650. The summed E-state index contributed by atoms with van der Waals surface area (Å²) in [4.78, 5) is 17.2. The number of hydrogen-bond acceptors (Lipinski definition) is 6. The summed E-state index contributed by atoms with van der Waals surface area (Å²) < 4.78 is 5.06. The van der Waals surface area contributed by atoms with Gasteiger partial charge in [-0.05, 0) is 48.9 Å². The number of benzene rings is 2. The van der Waals surface area contributed by atoms with Crippen LogP contribution in [0.1, 0.15) is 12.5 Å². The quantitative estimate of drug-likeness (QED) is 0.685. The molecule has 1 aliphatic rings. The van der Waals surface area contributed by atoms with Gasteiger partial charge in [-0.25, -0.2) is 9.79 Å². The maximum atomic E-state index is 12.3. The highest BCUT2D eigenvalue weighted by Crippen LogP contribution is 2.40. The molecule has 2 aromatic rings. The number of aliphatic hydroxyl groups excluding tert-OH is 1. The van der Waals surface area contributed by atoms with E-state index in [9.17, 15) is 15.0 Å². The fourth-order valence-electron chi connectivity index (χ4n) is 2.42. The van der Waals surface area contributed by atoms with Crippen molar-refractivity contribution in [2.24, 2.45) is 4.99 Å². The first-order valence-corrected chi connectivity index (χ1v) is 9.31. The van der Waals surface area contributed by atoms with Crippen LogP contribution in [0.2, 0.25) is 5.02 Å². The summed E-state index contributed by atoms with van der Waals surface area (Å²) in [5, 5.41) is 21.0. The molecule has 2 N–H and O–H groups in total. The number of carbonyl (C=O) groups excluding carboxylic acids is 1. The minimum absolute atomic E-state index is 0.00762. The van der Waals surface area contributed by atoms with Crippen molar-refractivity contribution in [3.63, 3.8) is 0 Å². The normalized spacial score (nSPS) is 17.0. The fourth-order valence-corrected chi connectivity index (χ4v) is 3.64. The highest BCUT2D eigenvalue weighted by atomic mass is 35.5. The Bertz CT molecular complexity index is 981. The summed E-state index contributed by atoms with van der Waals surface area (Å²) >= 11 is 7.14. The van der Waals surface area contributed by atoms with Gasteiger partial charge in [0.05, 0.1) is 17.2 Å². The molecule has 0 atom stereocenters. The predicted molar refractivity (Wildman–Crippen MR) is 109 cm³/mol. The molecule has 0 radical (unpaired) electrons. The molecule has 0 spiro atoms. The lowest BCUT2D eigenvalue weighted by atomic mass is 10.1. The van der Waals surface area contributed by atoms with Gasteiger partial charge in [-0.3, -0.25) is 0 Å². The molecule has 3 rings (SSSR count). The Morgan fingerprint density at radius 2 is 2.00 bits per heavy atom. The third-order valence-electron chi connectivity index (χ3n) is 3.58. The molecular formula is C20H16ClNO4S. The number of phenolic OH excluding ortho intramolecular Hbond substituents is 1. The van der Waals surface area contributed by atoms with Crippen molar-refractivity contribution in [1.82, 2.24) is 0 Å². The number of phenols is 1. The van der Waals surface area contributed by atoms with Gasteiger partial charge in [0, 0.05) is 5.02 Å². The number of halogens is 1. The number of thioether (sulfide) groups is 1. The molecule has 1 aliphatic heterocycles. The van der Waals surface area contributed by atoms with E-state index in [2.05, 4.69) is 4.99 Å². The molecule has 138 valence electrons. The van der Waals surface area contributed by atoms with E-state index in [0.717, 1.165) is 11.8 Å². The number of rotatable bonds is 4. The Hall–Kier alpha value is -2.70. The van der Waals surface area contributed by atoms with Gasteiger partial charge < -0.3 is 14.9 Å². The van der Waals surface area contributed by atoms with Gasteiger partial charge >= 0.3 is 5.97 Å². The highest BCUT2D eigenvalue weighted by Gasteiger charge is 2.33. The van der Waals surface area contributed by atoms with Gasteiger partial charge in [-0.2, -0.15) is 0 Å². The molecule has 1 heterocycles. The molecule has 0 saturated heterocycles. The van der Waals surface area contributed by atoms with Gasteiger partial charge in [0.25, 0.3) is 0 Å². The predicted octanol–water partition coefficient (Wildman–Crippen LogP) is 5.24. The fraction of sp³-hybridized carbons (Fsp3) is 0.100. The molecule has 0 saturated carbocycles. The minimum Gasteiger partial charge on any atom is -0.508 e. The Morgan fingerprint density at radius 1 is 1.22 bits per heavy atom. The van der Waals surface area contributed by atoms with Crippen molar-refractivity contribution >= 4 is 46.1 Å². The average molecular weight is 402 g/mol. The zero-order valence-electron chi connectivity index (χ0n) is 14.3. The summed E-state index contributed by atoms with van der Waals surface area (Å²) in [6.45, 7) is 1.87. The van der Waals surface area contributed by atoms with Crippen LogP contribution in [0.5, 0.6) is 5.75 Å².